The number of hydrogen-bond donors (Lipinski definition) is 0. The Balaban J connectivity index is 1.30. The highest BCUT2D eigenvalue weighted by Gasteiger charge is 2.66. The fourth-order valence-electron chi connectivity index (χ4n) is 6.81. The molecule has 4 fully saturated rings. The summed E-state index contributed by atoms with van der Waals surface area (Å²) in [5, 5.41) is 0. The molecule has 1 heterocycles. The Labute approximate surface area is 212 Å². The lowest BCUT2D eigenvalue weighted by atomic mass is 9.75. The molecule has 0 N–H and O–H groups in total. The summed E-state index contributed by atoms with van der Waals surface area (Å²) in [6, 6.07) is 6.77. The molecule has 3 aliphatic carbocycles. The number of halogens is 2. The maximum Gasteiger partial charge on any atom is 0.338 e. The Hall–Kier alpha value is -1.21. The number of esters is 1. The van der Waals surface area contributed by atoms with Crippen LogP contribution in [0.5, 0.6) is 0 Å². The summed E-state index contributed by atoms with van der Waals surface area (Å²) < 4.78 is 5.95. The third-order valence-electron chi connectivity index (χ3n) is 8.57. The minimum Gasteiger partial charge on any atom is -0.458 e. The second kappa shape index (κ2) is 8.78. The SMILES string of the molecule is CC(C)[C@H]1CC[C@@H](C)C[C@H]1OC(=O)c1ccc(N2C(=O)[C@@H]3[C@H]4C[C@@H]([C@H](Br)[C@@H]4Br)[C@@H]3C2=O)cc1. The van der Waals surface area contributed by atoms with E-state index in [-0.39, 0.29) is 57.2 Å². The van der Waals surface area contributed by atoms with Gasteiger partial charge in [0.25, 0.3) is 0 Å². The first kappa shape index (κ1) is 23.5. The maximum atomic E-state index is 13.2. The summed E-state index contributed by atoms with van der Waals surface area (Å²) in [6.07, 6.45) is 4.02. The molecule has 0 radical (unpaired) electrons. The molecule has 1 saturated heterocycles. The third-order valence-corrected chi connectivity index (χ3v) is 11.8. The van der Waals surface area contributed by atoms with Crippen LogP contribution in [0.2, 0.25) is 0 Å². The molecule has 1 aliphatic heterocycles. The van der Waals surface area contributed by atoms with Gasteiger partial charge in [0, 0.05) is 9.65 Å². The molecule has 33 heavy (non-hydrogen) atoms. The van der Waals surface area contributed by atoms with Crippen molar-refractivity contribution in [3.63, 3.8) is 0 Å². The van der Waals surface area contributed by atoms with Gasteiger partial charge in [0.2, 0.25) is 11.8 Å². The maximum absolute atomic E-state index is 13.2. The molecule has 0 spiro atoms. The number of benzene rings is 1. The van der Waals surface area contributed by atoms with Gasteiger partial charge in [-0.1, -0.05) is 59.1 Å². The summed E-state index contributed by atoms with van der Waals surface area (Å²) in [5.74, 6) is 0.760. The molecule has 9 atom stereocenters. The second-order valence-corrected chi connectivity index (χ2v) is 12.9. The predicted molar refractivity (Wildman–Crippen MR) is 133 cm³/mol. The summed E-state index contributed by atoms with van der Waals surface area (Å²) in [7, 11) is 0. The molecule has 0 aromatic heterocycles. The van der Waals surface area contributed by atoms with Crippen LogP contribution in [0.25, 0.3) is 0 Å². The van der Waals surface area contributed by atoms with E-state index in [1.165, 1.54) is 11.3 Å². The van der Waals surface area contributed by atoms with Gasteiger partial charge < -0.3 is 4.74 Å². The zero-order chi connectivity index (χ0) is 23.6. The van der Waals surface area contributed by atoms with Crippen LogP contribution in [-0.2, 0) is 14.3 Å². The number of ether oxygens (including phenoxy) is 1. The number of rotatable bonds is 4. The van der Waals surface area contributed by atoms with Crippen molar-refractivity contribution in [3.8, 4) is 0 Å². The summed E-state index contributed by atoms with van der Waals surface area (Å²) >= 11 is 7.45. The number of amides is 2. The van der Waals surface area contributed by atoms with Crippen molar-refractivity contribution in [1.29, 1.82) is 0 Å². The largest absolute Gasteiger partial charge is 0.458 e. The van der Waals surface area contributed by atoms with Crippen molar-refractivity contribution in [2.45, 2.75) is 62.2 Å². The average Bonchev–Trinajstić information content (AvgIpc) is 3.38. The van der Waals surface area contributed by atoms with E-state index in [1.54, 1.807) is 24.3 Å². The van der Waals surface area contributed by atoms with Crippen molar-refractivity contribution in [3.05, 3.63) is 29.8 Å². The van der Waals surface area contributed by atoms with Crippen LogP contribution in [0.3, 0.4) is 0 Å². The summed E-state index contributed by atoms with van der Waals surface area (Å²) in [5.41, 5.74) is 0.999. The number of fused-ring (bicyclic) bond motifs is 5. The lowest BCUT2D eigenvalue weighted by molar-refractivity contribution is -0.123. The molecule has 0 unspecified atom stereocenters. The van der Waals surface area contributed by atoms with Crippen LogP contribution in [0.15, 0.2) is 24.3 Å². The average molecular weight is 581 g/mol. The molecular formula is C26H31Br2NO4. The van der Waals surface area contributed by atoms with Gasteiger partial charge in [-0.3, -0.25) is 14.5 Å². The normalized spacial score (nSPS) is 39.9. The molecule has 7 heteroatoms. The quantitative estimate of drug-likeness (QED) is 0.265. The van der Waals surface area contributed by atoms with E-state index in [0.29, 0.717) is 29.0 Å². The molecule has 4 aliphatic rings. The van der Waals surface area contributed by atoms with E-state index in [9.17, 15) is 14.4 Å². The van der Waals surface area contributed by atoms with E-state index in [1.807, 2.05) is 0 Å². The first-order chi connectivity index (χ1) is 15.7. The number of anilines is 1. The van der Waals surface area contributed by atoms with Gasteiger partial charge in [0.1, 0.15) is 6.10 Å². The van der Waals surface area contributed by atoms with Crippen LogP contribution in [0.4, 0.5) is 5.69 Å². The highest BCUT2D eigenvalue weighted by atomic mass is 79.9. The molecule has 1 aromatic rings. The lowest BCUT2D eigenvalue weighted by Gasteiger charge is -2.36. The van der Waals surface area contributed by atoms with Crippen LogP contribution in [0, 0.1) is 41.4 Å². The Morgan fingerprint density at radius 1 is 0.970 bits per heavy atom. The van der Waals surface area contributed by atoms with Gasteiger partial charge in [-0.2, -0.15) is 0 Å². The molecular weight excluding hydrogens is 550 g/mol. The Bertz CT molecular complexity index is 932. The number of hydrogen-bond acceptors (Lipinski definition) is 4. The highest BCUT2D eigenvalue weighted by Crippen LogP contribution is 2.60. The smallest absolute Gasteiger partial charge is 0.338 e. The minimum absolute atomic E-state index is 0.0630. The van der Waals surface area contributed by atoms with Gasteiger partial charge in [0.15, 0.2) is 0 Å². The van der Waals surface area contributed by atoms with Crippen LogP contribution in [-0.4, -0.2) is 33.5 Å². The Kier molecular flexibility index (Phi) is 6.26. The molecule has 5 nitrogen and oxygen atoms in total. The topological polar surface area (TPSA) is 63.7 Å². The van der Waals surface area contributed by atoms with Crippen molar-refractivity contribution >= 4 is 55.3 Å². The molecule has 2 bridgehead atoms. The Morgan fingerprint density at radius 3 is 2.09 bits per heavy atom. The van der Waals surface area contributed by atoms with E-state index in [4.69, 9.17) is 4.74 Å². The van der Waals surface area contributed by atoms with Crippen LogP contribution in [0.1, 0.15) is 56.8 Å². The van der Waals surface area contributed by atoms with Crippen molar-refractivity contribution in [1.82, 2.24) is 0 Å². The molecule has 3 saturated carbocycles. The minimum atomic E-state index is -0.329. The first-order valence-corrected chi connectivity index (χ1v) is 14.0. The van der Waals surface area contributed by atoms with Crippen LogP contribution >= 0.6 is 31.9 Å². The van der Waals surface area contributed by atoms with Crippen molar-refractivity contribution in [2.75, 3.05) is 4.90 Å². The first-order valence-electron chi connectivity index (χ1n) is 12.2. The zero-order valence-electron chi connectivity index (χ0n) is 19.2. The molecule has 5 rings (SSSR count). The monoisotopic (exact) mass is 579 g/mol. The lowest BCUT2D eigenvalue weighted by Crippen LogP contribution is -2.37. The standard InChI is InChI=1S/C26H31Br2NO4/c1-12(2)16-9-4-13(3)10-19(16)33-26(32)14-5-7-15(8-6-14)29-24(30)20-17-11-18(21(20)25(29)31)23(28)22(17)27/h5-8,12-13,16-23H,4,9-11H2,1-3H3/t13-,16-,17-,18-,19-,20-,21+,22-,23+/m1/s1. The molecule has 2 amide bonds. The fraction of sp³-hybridized carbons (Fsp3) is 0.654. The van der Waals surface area contributed by atoms with Crippen molar-refractivity contribution < 1.29 is 19.1 Å². The number of nitrogens with zero attached hydrogens (tertiary/aromatic N) is 1. The van der Waals surface area contributed by atoms with Crippen molar-refractivity contribution in [2.24, 2.45) is 41.4 Å². The highest BCUT2D eigenvalue weighted by molar-refractivity contribution is 9.12. The van der Waals surface area contributed by atoms with E-state index >= 15 is 0 Å². The Morgan fingerprint density at radius 2 is 1.55 bits per heavy atom. The van der Waals surface area contributed by atoms with Crippen LogP contribution < -0.4 is 4.90 Å². The van der Waals surface area contributed by atoms with Gasteiger partial charge in [-0.15, -0.1) is 0 Å². The number of alkyl halides is 2. The summed E-state index contributed by atoms with van der Waals surface area (Å²) in [6.45, 7) is 6.60. The predicted octanol–water partition coefficient (Wildman–Crippen LogP) is 5.59. The number of carbonyl (C=O) groups is 3. The van der Waals surface area contributed by atoms with Gasteiger partial charge in [-0.25, -0.2) is 4.79 Å². The van der Waals surface area contributed by atoms with Gasteiger partial charge in [-0.05, 0) is 73.1 Å². The number of carbonyl (C=O) groups excluding carboxylic acids is 3. The fourth-order valence-corrected chi connectivity index (χ4v) is 8.68. The van der Waals surface area contributed by atoms with Gasteiger partial charge >= 0.3 is 5.97 Å². The van der Waals surface area contributed by atoms with Gasteiger partial charge in [0.05, 0.1) is 23.1 Å². The summed E-state index contributed by atoms with van der Waals surface area (Å²) in [4.78, 5) is 41.1. The second-order valence-electron chi connectivity index (χ2n) is 10.8. The number of imide groups is 1. The van der Waals surface area contributed by atoms with E-state index < -0.39 is 0 Å². The van der Waals surface area contributed by atoms with E-state index in [2.05, 4.69) is 52.6 Å². The molecule has 1 aromatic carbocycles. The zero-order valence-corrected chi connectivity index (χ0v) is 22.4. The molecule has 178 valence electrons. The third kappa shape index (κ3) is 3.81. The van der Waals surface area contributed by atoms with E-state index in [0.717, 1.165) is 19.3 Å².